The van der Waals surface area contributed by atoms with Crippen LogP contribution in [-0.4, -0.2) is 74.9 Å². The monoisotopic (exact) mass is 499 g/mol. The first-order valence-electron chi connectivity index (χ1n) is 10.5. The lowest BCUT2D eigenvalue weighted by atomic mass is 10.2. The molecule has 1 aromatic rings. The highest BCUT2D eigenvalue weighted by atomic mass is 127. The van der Waals surface area contributed by atoms with Crippen LogP contribution in [-0.2, 0) is 4.74 Å². The van der Waals surface area contributed by atoms with Gasteiger partial charge in [0.15, 0.2) is 5.96 Å². The molecule has 0 bridgehead atoms. The van der Waals surface area contributed by atoms with E-state index in [9.17, 15) is 0 Å². The number of rotatable bonds is 5. The average Bonchev–Trinajstić information content (AvgIpc) is 3.36. The average molecular weight is 499 g/mol. The number of morpholine rings is 1. The van der Waals surface area contributed by atoms with Gasteiger partial charge >= 0.3 is 0 Å². The highest BCUT2D eigenvalue weighted by molar-refractivity contribution is 14.0. The van der Waals surface area contributed by atoms with Crippen LogP contribution in [0.4, 0.5) is 5.69 Å². The lowest BCUT2D eigenvalue weighted by molar-refractivity contribution is -0.0432. The maximum atomic E-state index is 6.05. The summed E-state index contributed by atoms with van der Waals surface area (Å²) in [6, 6.07) is 11.7. The van der Waals surface area contributed by atoms with Crippen LogP contribution >= 0.6 is 24.0 Å². The Labute approximate surface area is 186 Å². The van der Waals surface area contributed by atoms with Gasteiger partial charge in [0.25, 0.3) is 0 Å². The summed E-state index contributed by atoms with van der Waals surface area (Å²) in [5, 5.41) is 7.03. The number of hydrogen-bond acceptors (Lipinski definition) is 4. The lowest BCUT2D eigenvalue weighted by Gasteiger charge is -2.34. The van der Waals surface area contributed by atoms with Crippen LogP contribution in [0.3, 0.4) is 0 Å². The Hall–Kier alpha value is -1.06. The summed E-state index contributed by atoms with van der Waals surface area (Å²) in [7, 11) is 0. The second-order valence-electron chi connectivity index (χ2n) is 7.88. The van der Waals surface area contributed by atoms with Gasteiger partial charge in [-0.1, -0.05) is 18.2 Å². The van der Waals surface area contributed by atoms with Crippen molar-refractivity contribution in [3.63, 3.8) is 0 Å². The summed E-state index contributed by atoms with van der Waals surface area (Å²) in [5.74, 6) is 0.921. The highest BCUT2D eigenvalue weighted by Gasteiger charge is 2.32. The van der Waals surface area contributed by atoms with Crippen molar-refractivity contribution >= 4 is 35.6 Å². The predicted octanol–water partition coefficient (Wildman–Crippen LogP) is 2.30. The molecule has 1 aromatic carbocycles. The van der Waals surface area contributed by atoms with Gasteiger partial charge in [-0.25, -0.2) is 0 Å². The zero-order valence-corrected chi connectivity index (χ0v) is 19.2. The molecule has 28 heavy (non-hydrogen) atoms. The van der Waals surface area contributed by atoms with E-state index in [1.807, 2.05) is 0 Å². The second kappa shape index (κ2) is 10.6. The molecular weight excluding hydrogens is 465 g/mol. The Balaban J connectivity index is 0.00000225. The van der Waals surface area contributed by atoms with Gasteiger partial charge in [0.05, 0.1) is 19.3 Å². The van der Waals surface area contributed by atoms with Gasteiger partial charge in [0.2, 0.25) is 0 Å². The first-order valence-corrected chi connectivity index (χ1v) is 10.5. The highest BCUT2D eigenvalue weighted by Crippen LogP contribution is 2.23. The zero-order valence-electron chi connectivity index (χ0n) is 16.8. The van der Waals surface area contributed by atoms with Crippen molar-refractivity contribution in [2.45, 2.75) is 44.4 Å². The number of halogens is 1. The third-order valence-electron chi connectivity index (χ3n) is 5.91. The summed E-state index contributed by atoms with van der Waals surface area (Å²) in [5.41, 5.74) is 1.31. The molecule has 6 nitrogen and oxygen atoms in total. The molecular formula is C21H34IN5O. The minimum Gasteiger partial charge on any atom is -0.373 e. The first kappa shape index (κ1) is 21.6. The molecule has 156 valence electrons. The van der Waals surface area contributed by atoms with Gasteiger partial charge in [-0.2, -0.15) is 0 Å². The van der Waals surface area contributed by atoms with Gasteiger partial charge in [-0.05, 0) is 44.9 Å². The zero-order chi connectivity index (χ0) is 18.5. The molecule has 0 aromatic heterocycles. The van der Waals surface area contributed by atoms with Crippen molar-refractivity contribution in [3.8, 4) is 0 Å². The molecule has 3 aliphatic heterocycles. The van der Waals surface area contributed by atoms with Gasteiger partial charge in [0, 0.05) is 44.0 Å². The van der Waals surface area contributed by atoms with Crippen LogP contribution < -0.4 is 15.5 Å². The van der Waals surface area contributed by atoms with Crippen molar-refractivity contribution < 1.29 is 4.74 Å². The van der Waals surface area contributed by atoms with E-state index in [1.165, 1.54) is 25.1 Å². The van der Waals surface area contributed by atoms with Crippen LogP contribution in [0, 0.1) is 0 Å². The van der Waals surface area contributed by atoms with Crippen LogP contribution in [0.2, 0.25) is 0 Å². The quantitative estimate of drug-likeness (QED) is 0.370. The molecule has 0 radical (unpaired) electrons. The molecule has 3 unspecified atom stereocenters. The van der Waals surface area contributed by atoms with Crippen molar-refractivity contribution in [2.24, 2.45) is 4.99 Å². The van der Waals surface area contributed by atoms with E-state index in [2.05, 4.69) is 57.7 Å². The lowest BCUT2D eigenvalue weighted by Crippen LogP contribution is -2.48. The Kier molecular flexibility index (Phi) is 8.23. The van der Waals surface area contributed by atoms with Crippen LogP contribution in [0.25, 0.3) is 0 Å². The Morgan fingerprint density at radius 2 is 2.04 bits per heavy atom. The molecule has 3 aliphatic rings. The number of anilines is 1. The minimum absolute atomic E-state index is 0. The molecule has 3 heterocycles. The minimum atomic E-state index is 0. The van der Waals surface area contributed by atoms with E-state index < -0.39 is 0 Å². The number of nitrogens with one attached hydrogen (secondary N) is 2. The fraction of sp³-hybridized carbons (Fsp3) is 0.667. The molecule has 3 saturated heterocycles. The molecule has 2 N–H and O–H groups in total. The van der Waals surface area contributed by atoms with Gasteiger partial charge < -0.3 is 20.3 Å². The Morgan fingerprint density at radius 1 is 1.18 bits per heavy atom. The van der Waals surface area contributed by atoms with Gasteiger partial charge in [-0.15, -0.1) is 24.0 Å². The van der Waals surface area contributed by atoms with Crippen LogP contribution in [0.15, 0.2) is 35.3 Å². The molecule has 3 fully saturated rings. The van der Waals surface area contributed by atoms with E-state index in [-0.39, 0.29) is 30.1 Å². The van der Waals surface area contributed by atoms with Crippen LogP contribution in [0.1, 0.15) is 26.2 Å². The second-order valence-corrected chi connectivity index (χ2v) is 7.88. The van der Waals surface area contributed by atoms with Gasteiger partial charge in [0.1, 0.15) is 0 Å². The number of aliphatic imine (C=N–C) groups is 1. The summed E-state index contributed by atoms with van der Waals surface area (Å²) in [6.45, 7) is 8.96. The first-order chi connectivity index (χ1) is 13.3. The fourth-order valence-electron chi connectivity index (χ4n) is 4.45. The summed E-state index contributed by atoms with van der Waals surface area (Å²) in [6.07, 6.45) is 3.96. The number of guanidine groups is 1. The van der Waals surface area contributed by atoms with Crippen molar-refractivity contribution in [1.82, 2.24) is 15.5 Å². The largest absolute Gasteiger partial charge is 0.373 e. The van der Waals surface area contributed by atoms with E-state index >= 15 is 0 Å². The third kappa shape index (κ3) is 5.51. The van der Waals surface area contributed by atoms with Crippen LogP contribution in [0.5, 0.6) is 0 Å². The van der Waals surface area contributed by atoms with Crippen molar-refractivity contribution in [1.29, 1.82) is 0 Å². The van der Waals surface area contributed by atoms with E-state index in [4.69, 9.17) is 9.73 Å². The topological polar surface area (TPSA) is 52.1 Å². The number of hydrogen-bond donors (Lipinski definition) is 2. The smallest absolute Gasteiger partial charge is 0.191 e. The number of nitrogens with zero attached hydrogens (tertiary/aromatic N) is 3. The Bertz CT molecular complexity index is 628. The predicted molar refractivity (Wildman–Crippen MR) is 126 cm³/mol. The molecule has 0 spiro atoms. The molecule has 3 atom stereocenters. The number of ether oxygens (including phenoxy) is 1. The standard InChI is InChI=1S/C21H33N5O.HI/c1-2-22-21(23-13-20-15-25-11-6-9-19(25)16-27-20)24-17-10-12-26(14-17)18-7-4-3-5-8-18;/h3-5,7-8,17,19-20H,2,6,9-16H2,1H3,(H2,22,23,24);1H. The molecule has 7 heteroatoms. The normalized spacial score (nSPS) is 28.0. The summed E-state index contributed by atoms with van der Waals surface area (Å²) >= 11 is 0. The number of benzene rings is 1. The van der Waals surface area contributed by atoms with Crippen molar-refractivity contribution in [2.75, 3.05) is 50.8 Å². The van der Waals surface area contributed by atoms with Crippen molar-refractivity contribution in [3.05, 3.63) is 30.3 Å². The van der Waals surface area contributed by atoms with E-state index in [0.29, 0.717) is 12.1 Å². The summed E-state index contributed by atoms with van der Waals surface area (Å²) < 4.78 is 6.05. The molecule has 4 rings (SSSR count). The maximum absolute atomic E-state index is 6.05. The molecule has 0 saturated carbocycles. The molecule has 0 aliphatic carbocycles. The summed E-state index contributed by atoms with van der Waals surface area (Å²) in [4.78, 5) is 9.86. The van der Waals surface area contributed by atoms with E-state index in [1.54, 1.807) is 0 Å². The SMILES string of the molecule is CCNC(=NCC1CN2CCCC2CO1)NC1CCN(c2ccccc2)C1.I. The maximum Gasteiger partial charge on any atom is 0.191 e. The third-order valence-corrected chi connectivity index (χ3v) is 5.91. The fourth-order valence-corrected chi connectivity index (χ4v) is 4.45. The number of fused-ring (bicyclic) bond motifs is 1. The van der Waals surface area contributed by atoms with Gasteiger partial charge in [-0.3, -0.25) is 9.89 Å². The number of para-hydroxylation sites is 1. The van der Waals surface area contributed by atoms with E-state index in [0.717, 1.165) is 51.7 Å². The molecule has 0 amide bonds. The Morgan fingerprint density at radius 3 is 2.86 bits per heavy atom.